The number of fused-ring (bicyclic) bond motifs is 1. The van der Waals surface area contributed by atoms with Gasteiger partial charge in [-0.1, -0.05) is 13.8 Å². The Hall–Kier alpha value is -1.35. The second-order valence-corrected chi connectivity index (χ2v) is 4.31. The highest BCUT2D eigenvalue weighted by molar-refractivity contribution is 5.81. The first-order valence-corrected chi connectivity index (χ1v) is 6.08. The fourth-order valence-corrected chi connectivity index (χ4v) is 2.17. The first-order chi connectivity index (χ1) is 8.15. The maximum absolute atomic E-state index is 13.3. The predicted molar refractivity (Wildman–Crippen MR) is 67.6 cm³/mol. The number of rotatable bonds is 4. The third-order valence-corrected chi connectivity index (χ3v) is 2.99. The second kappa shape index (κ2) is 4.88. The minimum Gasteiger partial charge on any atom is -0.459 e. The van der Waals surface area contributed by atoms with E-state index in [0.717, 1.165) is 35.3 Å². The van der Waals surface area contributed by atoms with E-state index in [2.05, 4.69) is 19.2 Å². The van der Waals surface area contributed by atoms with Crippen molar-refractivity contribution in [3.63, 3.8) is 0 Å². The normalized spacial score (nSPS) is 13.2. The molecule has 0 bridgehead atoms. The average Bonchev–Trinajstić information content (AvgIpc) is 2.69. The summed E-state index contributed by atoms with van der Waals surface area (Å²) < 4.78 is 19.1. The molecule has 1 heterocycles. The molecule has 1 N–H and O–H groups in total. The molecule has 0 aliphatic rings. The van der Waals surface area contributed by atoms with Crippen LogP contribution in [0.3, 0.4) is 0 Å². The van der Waals surface area contributed by atoms with Crippen LogP contribution in [0.2, 0.25) is 0 Å². The Morgan fingerprint density at radius 3 is 2.71 bits per heavy atom. The lowest BCUT2D eigenvalue weighted by Crippen LogP contribution is -2.19. The summed E-state index contributed by atoms with van der Waals surface area (Å²) in [5, 5.41) is 4.20. The molecule has 1 aromatic heterocycles. The highest BCUT2D eigenvalue weighted by Gasteiger charge is 2.14. The number of nitrogens with one attached hydrogen (secondary N) is 1. The molecule has 3 heteroatoms. The molecule has 1 aromatic carbocycles. The highest BCUT2D eigenvalue weighted by Crippen LogP contribution is 2.28. The van der Waals surface area contributed by atoms with Gasteiger partial charge in [0.15, 0.2) is 0 Å². The number of aryl methyl sites for hydroxylation is 1. The van der Waals surface area contributed by atoms with E-state index in [9.17, 15) is 4.39 Å². The largest absolute Gasteiger partial charge is 0.459 e. The molecule has 1 atom stereocenters. The minimum atomic E-state index is -0.209. The van der Waals surface area contributed by atoms with Crippen LogP contribution in [0.1, 0.15) is 37.6 Å². The van der Waals surface area contributed by atoms with Crippen LogP contribution in [-0.4, -0.2) is 6.54 Å². The molecule has 0 aliphatic carbocycles. The van der Waals surface area contributed by atoms with Gasteiger partial charge >= 0.3 is 0 Å². The Labute approximate surface area is 101 Å². The zero-order chi connectivity index (χ0) is 12.4. The van der Waals surface area contributed by atoms with Gasteiger partial charge in [0.05, 0.1) is 6.04 Å². The SMILES string of the molecule is CCNC(CC)c1cc2cc(F)cc(C)c2o1. The lowest BCUT2D eigenvalue weighted by molar-refractivity contribution is 0.427. The molecule has 2 rings (SSSR count). The standard InChI is InChI=1S/C14H18FNO/c1-4-12(16-5-2)13-8-10-7-11(15)6-9(3)14(10)17-13/h6-8,12,16H,4-5H2,1-3H3. The van der Waals surface area contributed by atoms with Crippen LogP contribution >= 0.6 is 0 Å². The summed E-state index contributed by atoms with van der Waals surface area (Å²) in [6.45, 7) is 6.93. The fourth-order valence-electron chi connectivity index (χ4n) is 2.17. The number of hydrogen-bond donors (Lipinski definition) is 1. The van der Waals surface area contributed by atoms with Crippen LogP contribution in [0.25, 0.3) is 11.0 Å². The van der Waals surface area contributed by atoms with Gasteiger partial charge in [0.2, 0.25) is 0 Å². The highest BCUT2D eigenvalue weighted by atomic mass is 19.1. The van der Waals surface area contributed by atoms with Gasteiger partial charge in [-0.3, -0.25) is 0 Å². The lowest BCUT2D eigenvalue weighted by Gasteiger charge is -2.12. The molecule has 1 unspecified atom stereocenters. The van der Waals surface area contributed by atoms with Gasteiger partial charge in [-0.05, 0) is 43.7 Å². The topological polar surface area (TPSA) is 25.2 Å². The lowest BCUT2D eigenvalue weighted by atomic mass is 10.1. The first-order valence-electron chi connectivity index (χ1n) is 6.08. The fraction of sp³-hybridized carbons (Fsp3) is 0.429. The number of halogens is 1. The van der Waals surface area contributed by atoms with Gasteiger partial charge in [-0.15, -0.1) is 0 Å². The minimum absolute atomic E-state index is 0.204. The molecule has 0 spiro atoms. The molecule has 0 saturated heterocycles. The Kier molecular flexibility index (Phi) is 3.48. The van der Waals surface area contributed by atoms with Crippen LogP contribution in [0.4, 0.5) is 4.39 Å². The maximum atomic E-state index is 13.3. The van der Waals surface area contributed by atoms with E-state index < -0.39 is 0 Å². The molecule has 0 radical (unpaired) electrons. The van der Waals surface area contributed by atoms with Gasteiger partial charge in [0.1, 0.15) is 17.2 Å². The van der Waals surface area contributed by atoms with Crippen LogP contribution in [-0.2, 0) is 0 Å². The monoisotopic (exact) mass is 235 g/mol. The summed E-state index contributed by atoms with van der Waals surface area (Å²) in [6, 6.07) is 5.16. The molecule has 0 amide bonds. The average molecular weight is 235 g/mol. The molecule has 92 valence electrons. The Morgan fingerprint density at radius 1 is 1.29 bits per heavy atom. The zero-order valence-corrected chi connectivity index (χ0v) is 10.5. The Morgan fingerprint density at radius 2 is 2.06 bits per heavy atom. The number of hydrogen-bond acceptors (Lipinski definition) is 2. The van der Waals surface area contributed by atoms with Crippen molar-refractivity contribution in [2.45, 2.75) is 33.2 Å². The van der Waals surface area contributed by atoms with Gasteiger partial charge < -0.3 is 9.73 Å². The van der Waals surface area contributed by atoms with Crippen molar-refractivity contribution in [3.05, 3.63) is 35.3 Å². The van der Waals surface area contributed by atoms with Crippen LogP contribution < -0.4 is 5.32 Å². The summed E-state index contributed by atoms with van der Waals surface area (Å²) in [6.07, 6.45) is 0.954. The summed E-state index contributed by atoms with van der Waals surface area (Å²) in [5.41, 5.74) is 1.63. The van der Waals surface area contributed by atoms with Crippen LogP contribution in [0.5, 0.6) is 0 Å². The van der Waals surface area contributed by atoms with Crippen molar-refractivity contribution in [1.29, 1.82) is 0 Å². The van der Waals surface area contributed by atoms with Gasteiger partial charge in [-0.25, -0.2) is 4.39 Å². The number of benzene rings is 1. The van der Waals surface area contributed by atoms with Crippen molar-refractivity contribution in [2.75, 3.05) is 6.54 Å². The van der Waals surface area contributed by atoms with E-state index in [1.54, 1.807) is 0 Å². The smallest absolute Gasteiger partial charge is 0.137 e. The van der Waals surface area contributed by atoms with E-state index in [1.807, 2.05) is 13.0 Å². The predicted octanol–water partition coefficient (Wildman–Crippen LogP) is 3.94. The van der Waals surface area contributed by atoms with Gasteiger partial charge in [0.25, 0.3) is 0 Å². The zero-order valence-electron chi connectivity index (χ0n) is 10.5. The van der Waals surface area contributed by atoms with Gasteiger partial charge in [0, 0.05) is 5.39 Å². The van der Waals surface area contributed by atoms with Crippen LogP contribution in [0.15, 0.2) is 22.6 Å². The summed E-state index contributed by atoms with van der Waals surface area (Å²) in [5.74, 6) is 0.678. The Balaban J connectivity index is 2.46. The molecule has 17 heavy (non-hydrogen) atoms. The Bertz CT molecular complexity index is 518. The van der Waals surface area contributed by atoms with Crippen molar-refractivity contribution in [1.82, 2.24) is 5.32 Å². The maximum Gasteiger partial charge on any atom is 0.137 e. The third-order valence-electron chi connectivity index (χ3n) is 2.99. The third kappa shape index (κ3) is 2.34. The van der Waals surface area contributed by atoms with E-state index in [0.29, 0.717) is 0 Å². The first kappa shape index (κ1) is 12.1. The molecular formula is C14H18FNO. The molecule has 2 nitrogen and oxygen atoms in total. The van der Waals surface area contributed by atoms with Crippen LogP contribution in [0, 0.1) is 12.7 Å². The van der Waals surface area contributed by atoms with E-state index in [1.165, 1.54) is 12.1 Å². The summed E-state index contributed by atoms with van der Waals surface area (Å²) in [4.78, 5) is 0. The quantitative estimate of drug-likeness (QED) is 0.868. The number of furan rings is 1. The van der Waals surface area contributed by atoms with Crippen molar-refractivity contribution in [3.8, 4) is 0 Å². The van der Waals surface area contributed by atoms with E-state index >= 15 is 0 Å². The molecular weight excluding hydrogens is 217 g/mol. The molecule has 2 aromatic rings. The van der Waals surface area contributed by atoms with E-state index in [-0.39, 0.29) is 11.9 Å². The molecule has 0 aliphatic heterocycles. The molecule has 0 fully saturated rings. The second-order valence-electron chi connectivity index (χ2n) is 4.31. The van der Waals surface area contributed by atoms with Crippen molar-refractivity contribution >= 4 is 11.0 Å². The van der Waals surface area contributed by atoms with Crippen molar-refractivity contribution < 1.29 is 8.81 Å². The van der Waals surface area contributed by atoms with Crippen molar-refractivity contribution in [2.24, 2.45) is 0 Å². The summed E-state index contributed by atoms with van der Waals surface area (Å²) >= 11 is 0. The summed E-state index contributed by atoms with van der Waals surface area (Å²) in [7, 11) is 0. The molecule has 0 saturated carbocycles. The van der Waals surface area contributed by atoms with Gasteiger partial charge in [-0.2, -0.15) is 0 Å². The van der Waals surface area contributed by atoms with E-state index in [4.69, 9.17) is 4.42 Å².